The van der Waals surface area contributed by atoms with Crippen LogP contribution in [0.2, 0.25) is 0 Å². The maximum atomic E-state index is 5.69. The molecule has 0 atom stereocenters. The van der Waals surface area contributed by atoms with E-state index in [0.717, 1.165) is 12.8 Å². The van der Waals surface area contributed by atoms with E-state index in [0.29, 0.717) is 5.92 Å². The molecule has 0 saturated heterocycles. The van der Waals surface area contributed by atoms with E-state index in [2.05, 4.69) is 13.8 Å². The van der Waals surface area contributed by atoms with Gasteiger partial charge in [0.15, 0.2) is 0 Å². The molecule has 0 saturated carbocycles. The minimum atomic E-state index is -0.436. The first-order valence-electron chi connectivity index (χ1n) is 3.55. The van der Waals surface area contributed by atoms with Gasteiger partial charge in [0.1, 0.15) is 0 Å². The van der Waals surface area contributed by atoms with E-state index >= 15 is 0 Å². The van der Waals surface area contributed by atoms with E-state index in [1.54, 1.807) is 0 Å². The second-order valence-electron chi connectivity index (χ2n) is 3.18. The van der Waals surface area contributed by atoms with E-state index in [-0.39, 0.29) is 0 Å². The summed E-state index contributed by atoms with van der Waals surface area (Å²) in [6, 6.07) is 0. The lowest BCUT2D eigenvalue weighted by Crippen LogP contribution is -2.49. The van der Waals surface area contributed by atoms with E-state index in [1.807, 2.05) is 6.92 Å². The van der Waals surface area contributed by atoms with Crippen LogP contribution in [-0.4, -0.2) is 5.66 Å². The highest BCUT2D eigenvalue weighted by atomic mass is 14.9. The Kier molecular flexibility index (Phi) is 3.15. The molecule has 0 aliphatic carbocycles. The van der Waals surface area contributed by atoms with Gasteiger partial charge in [-0.3, -0.25) is 0 Å². The van der Waals surface area contributed by atoms with Gasteiger partial charge in [0.05, 0.1) is 5.66 Å². The maximum Gasteiger partial charge on any atom is 0.0636 e. The van der Waals surface area contributed by atoms with Gasteiger partial charge in [-0.1, -0.05) is 20.8 Å². The molecule has 0 aromatic rings. The van der Waals surface area contributed by atoms with Gasteiger partial charge < -0.3 is 11.5 Å². The topological polar surface area (TPSA) is 52.0 Å². The number of nitrogens with two attached hydrogens (primary N) is 2. The fraction of sp³-hybridized carbons (Fsp3) is 1.00. The van der Waals surface area contributed by atoms with Crippen LogP contribution in [0.5, 0.6) is 0 Å². The van der Waals surface area contributed by atoms with Crippen LogP contribution in [0, 0.1) is 5.92 Å². The Bertz CT molecular complexity index is 77.0. The highest BCUT2D eigenvalue weighted by Crippen LogP contribution is 2.10. The first-order chi connectivity index (χ1) is 3.98. The molecule has 0 aromatic carbocycles. The Morgan fingerprint density at radius 1 is 1.33 bits per heavy atom. The maximum absolute atomic E-state index is 5.69. The number of rotatable bonds is 3. The van der Waals surface area contributed by atoms with Crippen LogP contribution in [0.1, 0.15) is 33.6 Å². The van der Waals surface area contributed by atoms with Crippen LogP contribution < -0.4 is 11.5 Å². The monoisotopic (exact) mass is 130 g/mol. The Balaban J connectivity index is 3.58. The van der Waals surface area contributed by atoms with Gasteiger partial charge >= 0.3 is 0 Å². The van der Waals surface area contributed by atoms with Gasteiger partial charge in [-0.25, -0.2) is 0 Å². The summed E-state index contributed by atoms with van der Waals surface area (Å²) in [5.74, 6) is 0.597. The van der Waals surface area contributed by atoms with Crippen LogP contribution in [0.25, 0.3) is 0 Å². The lowest BCUT2D eigenvalue weighted by molar-refractivity contribution is 0.341. The second-order valence-corrected chi connectivity index (χ2v) is 3.18. The first-order valence-corrected chi connectivity index (χ1v) is 3.55. The van der Waals surface area contributed by atoms with Crippen molar-refractivity contribution in [1.29, 1.82) is 0 Å². The molecule has 0 aliphatic rings. The van der Waals surface area contributed by atoms with Crippen LogP contribution in [0.3, 0.4) is 0 Å². The van der Waals surface area contributed by atoms with Crippen molar-refractivity contribution in [2.75, 3.05) is 0 Å². The van der Waals surface area contributed by atoms with Crippen molar-refractivity contribution in [3.05, 3.63) is 0 Å². The lowest BCUT2D eigenvalue weighted by Gasteiger charge is -2.24. The van der Waals surface area contributed by atoms with E-state index in [9.17, 15) is 0 Å². The summed E-state index contributed by atoms with van der Waals surface area (Å²) < 4.78 is 0. The molecule has 56 valence electrons. The van der Waals surface area contributed by atoms with E-state index in [4.69, 9.17) is 11.5 Å². The zero-order valence-corrected chi connectivity index (χ0v) is 6.65. The molecule has 0 aromatic heterocycles. The third kappa shape index (κ3) is 4.43. The first kappa shape index (κ1) is 8.92. The molecule has 0 heterocycles. The normalized spacial score (nSPS) is 12.7. The Morgan fingerprint density at radius 2 is 1.78 bits per heavy atom. The zero-order chi connectivity index (χ0) is 7.49. The van der Waals surface area contributed by atoms with Gasteiger partial charge in [0.2, 0.25) is 0 Å². The fourth-order valence-electron chi connectivity index (χ4n) is 0.904. The number of hydrogen-bond donors (Lipinski definition) is 2. The van der Waals surface area contributed by atoms with Gasteiger partial charge in [-0.15, -0.1) is 0 Å². The quantitative estimate of drug-likeness (QED) is 0.561. The summed E-state index contributed by atoms with van der Waals surface area (Å²) in [5.41, 5.74) is 11.0. The smallest absolute Gasteiger partial charge is 0.0636 e. The molecule has 0 aliphatic heterocycles. The van der Waals surface area contributed by atoms with Gasteiger partial charge in [0.25, 0.3) is 0 Å². The molecule has 0 amide bonds. The summed E-state index contributed by atoms with van der Waals surface area (Å²) >= 11 is 0. The van der Waals surface area contributed by atoms with Gasteiger partial charge in [-0.2, -0.15) is 0 Å². The highest BCUT2D eigenvalue weighted by molar-refractivity contribution is 4.75. The minimum Gasteiger partial charge on any atom is -0.313 e. The van der Waals surface area contributed by atoms with E-state index < -0.39 is 5.66 Å². The van der Waals surface area contributed by atoms with Crippen molar-refractivity contribution in [3.8, 4) is 0 Å². The molecular weight excluding hydrogens is 112 g/mol. The van der Waals surface area contributed by atoms with Crippen LogP contribution in [0.15, 0.2) is 0 Å². The predicted molar refractivity (Wildman–Crippen MR) is 40.9 cm³/mol. The average Bonchev–Trinajstić information content (AvgIpc) is 1.63. The third-order valence-corrected chi connectivity index (χ3v) is 1.45. The van der Waals surface area contributed by atoms with Crippen LogP contribution >= 0.6 is 0 Å². The lowest BCUT2D eigenvalue weighted by atomic mass is 9.97. The van der Waals surface area contributed by atoms with Crippen molar-refractivity contribution in [1.82, 2.24) is 0 Å². The van der Waals surface area contributed by atoms with Crippen molar-refractivity contribution in [2.24, 2.45) is 17.4 Å². The van der Waals surface area contributed by atoms with Gasteiger partial charge in [0, 0.05) is 0 Å². The number of hydrogen-bond acceptors (Lipinski definition) is 2. The SMILES string of the molecule is CCC(N)(N)CC(C)C. The summed E-state index contributed by atoms with van der Waals surface area (Å²) in [6.45, 7) is 6.27. The minimum absolute atomic E-state index is 0.436. The molecule has 0 unspecified atom stereocenters. The molecule has 0 radical (unpaired) electrons. The van der Waals surface area contributed by atoms with Crippen molar-refractivity contribution >= 4 is 0 Å². The molecule has 0 fully saturated rings. The Hall–Kier alpha value is -0.0800. The average molecular weight is 130 g/mol. The van der Waals surface area contributed by atoms with Crippen LogP contribution in [0.4, 0.5) is 0 Å². The Morgan fingerprint density at radius 3 is 1.89 bits per heavy atom. The van der Waals surface area contributed by atoms with E-state index in [1.165, 1.54) is 0 Å². The standard InChI is InChI=1S/C7H18N2/c1-4-7(8,9)5-6(2)3/h6H,4-5,8-9H2,1-3H3. The predicted octanol–water partition coefficient (Wildman–Crippen LogP) is 1.06. The molecule has 9 heavy (non-hydrogen) atoms. The highest BCUT2D eigenvalue weighted by Gasteiger charge is 2.16. The Labute approximate surface area is 57.6 Å². The molecular formula is C7H18N2. The third-order valence-electron chi connectivity index (χ3n) is 1.45. The molecule has 2 heteroatoms. The molecule has 0 spiro atoms. The molecule has 0 bridgehead atoms. The van der Waals surface area contributed by atoms with Crippen molar-refractivity contribution < 1.29 is 0 Å². The van der Waals surface area contributed by atoms with Crippen molar-refractivity contribution in [2.45, 2.75) is 39.3 Å². The largest absolute Gasteiger partial charge is 0.313 e. The summed E-state index contributed by atoms with van der Waals surface area (Å²) in [6.07, 6.45) is 1.76. The molecule has 0 rings (SSSR count). The van der Waals surface area contributed by atoms with Crippen LogP contribution in [-0.2, 0) is 0 Å². The second kappa shape index (κ2) is 3.18. The molecule has 4 N–H and O–H groups in total. The zero-order valence-electron chi connectivity index (χ0n) is 6.65. The van der Waals surface area contributed by atoms with Crippen molar-refractivity contribution in [3.63, 3.8) is 0 Å². The summed E-state index contributed by atoms with van der Waals surface area (Å²) in [4.78, 5) is 0. The molecule has 2 nitrogen and oxygen atoms in total. The fourth-order valence-corrected chi connectivity index (χ4v) is 0.904. The summed E-state index contributed by atoms with van der Waals surface area (Å²) in [7, 11) is 0. The van der Waals surface area contributed by atoms with Gasteiger partial charge in [-0.05, 0) is 18.8 Å². The summed E-state index contributed by atoms with van der Waals surface area (Å²) in [5, 5.41) is 0.